The number of hydrazone groups is 1. The predicted octanol–water partition coefficient (Wildman–Crippen LogP) is 0.398. The third kappa shape index (κ3) is 2.50. The van der Waals surface area contributed by atoms with E-state index in [1.54, 1.807) is 40.9 Å². The van der Waals surface area contributed by atoms with Gasteiger partial charge in [-0.1, -0.05) is 11.2 Å². The summed E-state index contributed by atoms with van der Waals surface area (Å²) in [5.41, 5.74) is 0.470. The molecule has 13 heteroatoms. The number of pyridine rings is 1. The monoisotopic (exact) mass is 362 g/mol. The summed E-state index contributed by atoms with van der Waals surface area (Å²) in [6.07, 6.45) is 7.79. The second kappa shape index (κ2) is 6.14. The average molecular weight is 362 g/mol. The van der Waals surface area contributed by atoms with E-state index in [2.05, 4.69) is 45.8 Å². The Bertz CT molecular complexity index is 1030. The molecule has 1 N–H and O–H groups in total. The van der Waals surface area contributed by atoms with Gasteiger partial charge in [-0.05, 0) is 18.2 Å². The molecule has 0 atom stereocenters. The average Bonchev–Trinajstić information content (AvgIpc) is 3.48. The molecule has 1 aliphatic heterocycles. The van der Waals surface area contributed by atoms with Crippen LogP contribution in [0.5, 0.6) is 0 Å². The first-order chi connectivity index (χ1) is 13.4. The van der Waals surface area contributed by atoms with Crippen LogP contribution in [0.1, 0.15) is 5.69 Å². The zero-order valence-electron chi connectivity index (χ0n) is 13.5. The SMILES string of the molecule is c1ccc(N2N=C(c3cn[nH]n3)N(c3conn3)N2c2ncccn2)nc1. The summed E-state index contributed by atoms with van der Waals surface area (Å²) in [5, 5.41) is 27.4. The van der Waals surface area contributed by atoms with E-state index in [0.29, 0.717) is 29.1 Å². The molecule has 132 valence electrons. The minimum Gasteiger partial charge on any atom is -0.343 e. The summed E-state index contributed by atoms with van der Waals surface area (Å²) in [5.74, 6) is 1.61. The molecule has 5 rings (SSSR count). The van der Waals surface area contributed by atoms with Crippen LogP contribution in [0.2, 0.25) is 0 Å². The lowest BCUT2D eigenvalue weighted by Crippen LogP contribution is -2.50. The van der Waals surface area contributed by atoms with Crippen molar-refractivity contribution in [2.45, 2.75) is 0 Å². The molecule has 4 aromatic heterocycles. The number of H-pyrrole nitrogens is 1. The van der Waals surface area contributed by atoms with Crippen molar-refractivity contribution in [2.24, 2.45) is 5.10 Å². The summed E-state index contributed by atoms with van der Waals surface area (Å²) < 4.78 is 4.91. The molecule has 0 radical (unpaired) electrons. The number of anilines is 3. The predicted molar refractivity (Wildman–Crippen MR) is 90.9 cm³/mol. The van der Waals surface area contributed by atoms with Crippen LogP contribution in [0.15, 0.2) is 64.9 Å². The molecule has 0 unspecified atom stereocenters. The summed E-state index contributed by atoms with van der Waals surface area (Å²) in [6, 6.07) is 7.17. The first kappa shape index (κ1) is 14.9. The van der Waals surface area contributed by atoms with Gasteiger partial charge in [0.2, 0.25) is 11.7 Å². The molecule has 13 nitrogen and oxygen atoms in total. The molecule has 5 heterocycles. The van der Waals surface area contributed by atoms with Crippen LogP contribution in [0.4, 0.5) is 17.6 Å². The number of rotatable bonds is 4. The van der Waals surface area contributed by atoms with Crippen LogP contribution in [0, 0.1) is 0 Å². The number of nitrogens with one attached hydrogen (secondary N) is 1. The molecule has 0 saturated heterocycles. The Hall–Kier alpha value is -4.42. The Kier molecular flexibility index (Phi) is 3.39. The van der Waals surface area contributed by atoms with Crippen molar-refractivity contribution in [3.8, 4) is 0 Å². The molecule has 1 aliphatic rings. The van der Waals surface area contributed by atoms with Crippen molar-refractivity contribution in [3.63, 3.8) is 0 Å². The fourth-order valence-electron chi connectivity index (χ4n) is 2.46. The minimum absolute atomic E-state index is 0.327. The van der Waals surface area contributed by atoms with Gasteiger partial charge in [0.1, 0.15) is 0 Å². The van der Waals surface area contributed by atoms with E-state index in [1.165, 1.54) is 17.6 Å². The van der Waals surface area contributed by atoms with E-state index in [0.717, 1.165) is 0 Å². The molecular formula is C14H10N12O. The third-order valence-electron chi connectivity index (χ3n) is 3.55. The van der Waals surface area contributed by atoms with Crippen LogP contribution in [0.25, 0.3) is 0 Å². The number of hydrazine groups is 2. The van der Waals surface area contributed by atoms with E-state index in [-0.39, 0.29) is 0 Å². The van der Waals surface area contributed by atoms with Crippen molar-refractivity contribution in [1.29, 1.82) is 0 Å². The van der Waals surface area contributed by atoms with Gasteiger partial charge in [0.25, 0.3) is 5.95 Å². The van der Waals surface area contributed by atoms with Gasteiger partial charge in [-0.15, -0.1) is 15.3 Å². The number of aromatic amines is 1. The highest BCUT2D eigenvalue weighted by Gasteiger charge is 2.40. The maximum Gasteiger partial charge on any atom is 0.267 e. The number of amidine groups is 1. The highest BCUT2D eigenvalue weighted by Crippen LogP contribution is 2.30. The number of hydrogen-bond acceptors (Lipinski definition) is 12. The molecule has 0 amide bonds. The van der Waals surface area contributed by atoms with Gasteiger partial charge in [-0.2, -0.15) is 20.4 Å². The van der Waals surface area contributed by atoms with Crippen LogP contribution in [-0.2, 0) is 0 Å². The van der Waals surface area contributed by atoms with Gasteiger partial charge in [0.15, 0.2) is 17.8 Å². The fraction of sp³-hybridized carbons (Fsp3) is 0. The molecule has 0 saturated carbocycles. The smallest absolute Gasteiger partial charge is 0.267 e. The Balaban J connectivity index is 1.71. The Morgan fingerprint density at radius 2 is 1.85 bits per heavy atom. The number of nitrogens with zero attached hydrogens (tertiary/aromatic N) is 11. The van der Waals surface area contributed by atoms with Gasteiger partial charge >= 0.3 is 0 Å². The summed E-state index contributed by atoms with van der Waals surface area (Å²) in [6.45, 7) is 0. The Morgan fingerprint density at radius 3 is 2.56 bits per heavy atom. The summed E-state index contributed by atoms with van der Waals surface area (Å²) in [7, 11) is 0. The second-order valence-electron chi connectivity index (χ2n) is 5.17. The van der Waals surface area contributed by atoms with E-state index >= 15 is 0 Å². The van der Waals surface area contributed by atoms with Crippen molar-refractivity contribution < 1.29 is 4.52 Å². The zero-order valence-corrected chi connectivity index (χ0v) is 13.5. The molecule has 0 aromatic carbocycles. The van der Waals surface area contributed by atoms with Gasteiger partial charge < -0.3 is 4.52 Å². The number of hydrogen-bond donors (Lipinski definition) is 1. The Labute approximate surface area is 150 Å². The van der Waals surface area contributed by atoms with E-state index in [1.807, 2.05) is 12.1 Å². The first-order valence-electron chi connectivity index (χ1n) is 7.72. The molecule has 0 bridgehead atoms. The van der Waals surface area contributed by atoms with Crippen LogP contribution < -0.4 is 15.2 Å². The Morgan fingerprint density at radius 1 is 0.963 bits per heavy atom. The van der Waals surface area contributed by atoms with Crippen LogP contribution >= 0.6 is 0 Å². The van der Waals surface area contributed by atoms with Crippen molar-refractivity contribution in [3.05, 3.63) is 61.0 Å². The molecule has 27 heavy (non-hydrogen) atoms. The second-order valence-corrected chi connectivity index (χ2v) is 5.17. The van der Waals surface area contributed by atoms with Gasteiger partial charge in [-0.25, -0.2) is 15.0 Å². The van der Waals surface area contributed by atoms with E-state index in [9.17, 15) is 0 Å². The highest BCUT2D eigenvalue weighted by molar-refractivity contribution is 6.11. The van der Waals surface area contributed by atoms with Crippen molar-refractivity contribution >= 4 is 23.4 Å². The topological polar surface area (TPSA) is 141 Å². The first-order valence-corrected chi connectivity index (χ1v) is 7.72. The van der Waals surface area contributed by atoms with Gasteiger partial charge in [0.05, 0.1) is 6.20 Å². The molecular weight excluding hydrogens is 352 g/mol. The van der Waals surface area contributed by atoms with Crippen molar-refractivity contribution in [1.82, 2.24) is 40.7 Å². The standard InChI is InChI=1S/C14H10N12O/c1-2-5-15-11(4-1)25-21-13(10-8-18-22-19-10)24(12-9-27-23-20-12)26(25)14-16-6-3-7-17-14/h1-9H,(H,18,19,22). The lowest BCUT2D eigenvalue weighted by atomic mass is 10.4. The highest BCUT2D eigenvalue weighted by atomic mass is 16.5. The molecule has 0 aliphatic carbocycles. The zero-order chi connectivity index (χ0) is 18.1. The fourth-order valence-corrected chi connectivity index (χ4v) is 2.46. The van der Waals surface area contributed by atoms with Crippen LogP contribution in [0.3, 0.4) is 0 Å². The van der Waals surface area contributed by atoms with Crippen molar-refractivity contribution in [2.75, 3.05) is 15.2 Å². The molecule has 0 fully saturated rings. The summed E-state index contributed by atoms with van der Waals surface area (Å²) >= 11 is 0. The largest absolute Gasteiger partial charge is 0.343 e. The quantitative estimate of drug-likeness (QED) is 0.539. The normalized spacial score (nSPS) is 13.9. The van der Waals surface area contributed by atoms with Crippen LogP contribution in [-0.4, -0.2) is 46.6 Å². The molecule has 0 spiro atoms. The maximum atomic E-state index is 4.91. The van der Waals surface area contributed by atoms with Gasteiger partial charge in [-0.3, -0.25) is 0 Å². The minimum atomic E-state index is 0.327. The third-order valence-corrected chi connectivity index (χ3v) is 3.55. The lowest BCUT2D eigenvalue weighted by Gasteiger charge is -2.30. The summed E-state index contributed by atoms with van der Waals surface area (Å²) in [4.78, 5) is 13.0. The number of aromatic nitrogens is 8. The maximum absolute atomic E-state index is 4.91. The van der Waals surface area contributed by atoms with E-state index < -0.39 is 0 Å². The van der Waals surface area contributed by atoms with Gasteiger partial charge in [0, 0.05) is 23.9 Å². The van der Waals surface area contributed by atoms with E-state index in [4.69, 9.17) is 4.52 Å². The molecule has 4 aromatic rings. The lowest BCUT2D eigenvalue weighted by molar-refractivity contribution is 0.393.